The lowest BCUT2D eigenvalue weighted by atomic mass is 9.93. The lowest BCUT2D eigenvalue weighted by molar-refractivity contribution is -0.137. The third kappa shape index (κ3) is 4.27. The second kappa shape index (κ2) is 8.16. The number of morpholine rings is 1. The number of rotatable bonds is 3. The number of benzene rings is 2. The van der Waals surface area contributed by atoms with E-state index >= 15 is 0 Å². The van der Waals surface area contributed by atoms with Gasteiger partial charge in [0.15, 0.2) is 0 Å². The summed E-state index contributed by atoms with van der Waals surface area (Å²) in [6, 6.07) is 12.2. The maximum Gasteiger partial charge on any atom is 0.416 e. The highest BCUT2D eigenvalue weighted by Gasteiger charge is 2.47. The number of likely N-dealkylation sites (N-methyl/N-ethyl adjacent to an activating group) is 1. The van der Waals surface area contributed by atoms with Crippen LogP contribution >= 0.6 is 0 Å². The molecule has 2 saturated heterocycles. The van der Waals surface area contributed by atoms with Crippen LogP contribution in [0.3, 0.4) is 0 Å². The molecule has 1 spiro atoms. The second-order valence-corrected chi connectivity index (χ2v) is 8.23. The van der Waals surface area contributed by atoms with E-state index in [0.29, 0.717) is 37.6 Å². The Bertz CT molecular complexity index is 931. The molecule has 2 aliphatic rings. The van der Waals surface area contributed by atoms with Crippen LogP contribution in [0.25, 0.3) is 0 Å². The van der Waals surface area contributed by atoms with Gasteiger partial charge < -0.3 is 14.4 Å². The van der Waals surface area contributed by atoms with Crippen LogP contribution in [-0.4, -0.2) is 61.6 Å². The Morgan fingerprint density at radius 1 is 1.13 bits per heavy atom. The molecule has 0 bridgehead atoms. The van der Waals surface area contributed by atoms with E-state index in [1.54, 1.807) is 31.4 Å². The second-order valence-electron chi connectivity index (χ2n) is 8.23. The SMILES string of the molecule is COc1ccc(C(=O)N2CC[C@@]3(CO[C@@H](c4ccc(C(F)(F)F)cc4)CN3C)C2)cc1. The number of nitrogens with zero attached hydrogens (tertiary/aromatic N) is 2. The number of likely N-dealkylation sites (tertiary alicyclic amines) is 1. The largest absolute Gasteiger partial charge is 0.497 e. The van der Waals surface area contributed by atoms with Crippen molar-refractivity contribution in [2.24, 2.45) is 0 Å². The average molecular weight is 434 g/mol. The van der Waals surface area contributed by atoms with Crippen LogP contribution in [0.15, 0.2) is 48.5 Å². The van der Waals surface area contributed by atoms with Crippen molar-refractivity contribution in [2.45, 2.75) is 24.2 Å². The molecule has 2 fully saturated rings. The zero-order valence-electron chi connectivity index (χ0n) is 17.5. The van der Waals surface area contributed by atoms with E-state index in [1.807, 2.05) is 11.9 Å². The van der Waals surface area contributed by atoms with Crippen molar-refractivity contribution < 1.29 is 27.4 Å². The smallest absolute Gasteiger partial charge is 0.416 e. The number of hydrogen-bond donors (Lipinski definition) is 0. The van der Waals surface area contributed by atoms with Crippen LogP contribution in [0.5, 0.6) is 5.75 Å². The van der Waals surface area contributed by atoms with Crippen molar-refractivity contribution in [3.8, 4) is 5.75 Å². The Labute approximate surface area is 179 Å². The number of ether oxygens (including phenoxy) is 2. The fraction of sp³-hybridized carbons (Fsp3) is 0.435. The summed E-state index contributed by atoms with van der Waals surface area (Å²) in [6.45, 7) is 2.15. The van der Waals surface area contributed by atoms with E-state index in [0.717, 1.165) is 24.1 Å². The monoisotopic (exact) mass is 434 g/mol. The molecule has 5 nitrogen and oxygen atoms in total. The predicted molar refractivity (Wildman–Crippen MR) is 109 cm³/mol. The Morgan fingerprint density at radius 2 is 1.81 bits per heavy atom. The molecule has 0 radical (unpaired) electrons. The summed E-state index contributed by atoms with van der Waals surface area (Å²) in [7, 11) is 3.57. The summed E-state index contributed by atoms with van der Waals surface area (Å²) < 4.78 is 49.7. The van der Waals surface area contributed by atoms with Crippen molar-refractivity contribution in [1.82, 2.24) is 9.80 Å². The van der Waals surface area contributed by atoms with Gasteiger partial charge in [-0.15, -0.1) is 0 Å². The first-order valence-corrected chi connectivity index (χ1v) is 10.2. The van der Waals surface area contributed by atoms with Gasteiger partial charge in [-0.2, -0.15) is 13.2 Å². The van der Waals surface area contributed by atoms with E-state index in [9.17, 15) is 18.0 Å². The van der Waals surface area contributed by atoms with E-state index in [2.05, 4.69) is 4.90 Å². The molecule has 0 aliphatic carbocycles. The number of carbonyl (C=O) groups excluding carboxylic acids is 1. The van der Waals surface area contributed by atoms with E-state index in [-0.39, 0.29) is 17.6 Å². The Kier molecular flexibility index (Phi) is 5.70. The summed E-state index contributed by atoms with van der Waals surface area (Å²) >= 11 is 0. The van der Waals surface area contributed by atoms with E-state index in [1.165, 1.54) is 12.1 Å². The lowest BCUT2D eigenvalue weighted by Crippen LogP contribution is -2.57. The van der Waals surface area contributed by atoms with Crippen molar-refractivity contribution in [3.05, 3.63) is 65.2 Å². The Hall–Kier alpha value is -2.58. The molecule has 31 heavy (non-hydrogen) atoms. The van der Waals surface area contributed by atoms with Crippen LogP contribution in [0.2, 0.25) is 0 Å². The van der Waals surface area contributed by atoms with Gasteiger partial charge in [-0.25, -0.2) is 0 Å². The van der Waals surface area contributed by atoms with E-state index < -0.39 is 11.7 Å². The minimum absolute atomic E-state index is 0.0298. The lowest BCUT2D eigenvalue weighted by Gasteiger charge is -2.45. The topological polar surface area (TPSA) is 42.0 Å². The van der Waals surface area contributed by atoms with Gasteiger partial charge in [0, 0.05) is 25.2 Å². The van der Waals surface area contributed by atoms with Crippen LogP contribution in [0.1, 0.15) is 34.0 Å². The molecular weight excluding hydrogens is 409 g/mol. The van der Waals surface area contributed by atoms with Gasteiger partial charge in [-0.05, 0) is 55.4 Å². The molecule has 2 atom stereocenters. The molecule has 2 aromatic carbocycles. The van der Waals surface area contributed by atoms with Crippen LogP contribution in [0, 0.1) is 0 Å². The van der Waals surface area contributed by atoms with Gasteiger partial charge in [0.2, 0.25) is 0 Å². The van der Waals surface area contributed by atoms with Gasteiger partial charge in [0.1, 0.15) is 5.75 Å². The van der Waals surface area contributed by atoms with Crippen LogP contribution in [0.4, 0.5) is 13.2 Å². The van der Waals surface area contributed by atoms with Crippen molar-refractivity contribution in [1.29, 1.82) is 0 Å². The van der Waals surface area contributed by atoms with Crippen molar-refractivity contribution >= 4 is 5.91 Å². The van der Waals surface area contributed by atoms with Crippen molar-refractivity contribution in [3.63, 3.8) is 0 Å². The molecule has 2 heterocycles. The molecular formula is C23H25F3N2O3. The van der Waals surface area contributed by atoms with Crippen molar-refractivity contribution in [2.75, 3.05) is 40.4 Å². The molecule has 166 valence electrons. The normalized spacial score (nSPS) is 24.5. The third-order valence-corrected chi connectivity index (χ3v) is 6.37. The fourth-order valence-corrected chi connectivity index (χ4v) is 4.32. The average Bonchev–Trinajstić information content (AvgIpc) is 3.20. The third-order valence-electron chi connectivity index (χ3n) is 6.37. The molecule has 8 heteroatoms. The maximum absolute atomic E-state index is 12.9. The van der Waals surface area contributed by atoms with Gasteiger partial charge in [-0.3, -0.25) is 9.69 Å². The standard InChI is InChI=1S/C23H25F3N2O3/c1-27-13-20(16-3-7-18(8-4-16)23(24,25)26)31-15-22(27)11-12-28(14-22)21(29)17-5-9-19(30-2)10-6-17/h3-10,20H,11-15H2,1-2H3/t20-,22+/m1/s1. The minimum Gasteiger partial charge on any atom is -0.497 e. The van der Waals surface area contributed by atoms with Gasteiger partial charge in [-0.1, -0.05) is 12.1 Å². The quantitative estimate of drug-likeness (QED) is 0.733. The summed E-state index contributed by atoms with van der Waals surface area (Å²) in [6.07, 6.45) is -3.87. The molecule has 0 saturated carbocycles. The van der Waals surface area contributed by atoms with Gasteiger partial charge in [0.05, 0.1) is 30.9 Å². The number of hydrogen-bond acceptors (Lipinski definition) is 4. The summed E-state index contributed by atoms with van der Waals surface area (Å²) in [5.41, 5.74) is 0.379. The highest BCUT2D eigenvalue weighted by Crippen LogP contribution is 2.37. The summed E-state index contributed by atoms with van der Waals surface area (Å²) in [5, 5.41) is 0. The zero-order valence-corrected chi connectivity index (χ0v) is 17.5. The first-order valence-electron chi connectivity index (χ1n) is 10.2. The number of amides is 1. The minimum atomic E-state index is -4.35. The molecule has 2 aromatic rings. The van der Waals surface area contributed by atoms with Crippen LogP contribution < -0.4 is 4.74 Å². The molecule has 4 rings (SSSR count). The molecule has 0 aromatic heterocycles. The Morgan fingerprint density at radius 3 is 2.39 bits per heavy atom. The number of carbonyl (C=O) groups is 1. The highest BCUT2D eigenvalue weighted by molar-refractivity contribution is 5.94. The number of halogens is 3. The number of alkyl halides is 3. The predicted octanol–water partition coefficient (Wildman–Crippen LogP) is 4.00. The molecule has 2 aliphatic heterocycles. The fourth-order valence-electron chi connectivity index (χ4n) is 4.32. The van der Waals surface area contributed by atoms with Gasteiger partial charge in [0.25, 0.3) is 5.91 Å². The Balaban J connectivity index is 1.41. The van der Waals surface area contributed by atoms with Crippen LogP contribution in [-0.2, 0) is 10.9 Å². The molecule has 0 N–H and O–H groups in total. The number of methoxy groups -OCH3 is 1. The molecule has 0 unspecified atom stereocenters. The van der Waals surface area contributed by atoms with Gasteiger partial charge >= 0.3 is 6.18 Å². The first kappa shape index (κ1) is 21.6. The summed E-state index contributed by atoms with van der Waals surface area (Å²) in [4.78, 5) is 16.9. The van der Waals surface area contributed by atoms with E-state index in [4.69, 9.17) is 9.47 Å². The molecule has 1 amide bonds. The first-order chi connectivity index (χ1) is 14.7. The summed E-state index contributed by atoms with van der Waals surface area (Å²) in [5.74, 6) is 0.668. The zero-order chi connectivity index (χ0) is 22.2. The maximum atomic E-state index is 12.9. The highest BCUT2D eigenvalue weighted by atomic mass is 19.4.